The summed E-state index contributed by atoms with van der Waals surface area (Å²) < 4.78 is 24.8. The van der Waals surface area contributed by atoms with Crippen molar-refractivity contribution in [2.24, 2.45) is 0 Å². The van der Waals surface area contributed by atoms with Crippen LogP contribution >= 0.6 is 0 Å². The van der Waals surface area contributed by atoms with Gasteiger partial charge in [-0.05, 0) is 30.7 Å². The second-order valence-corrected chi connectivity index (χ2v) is 6.81. The molecule has 0 radical (unpaired) electrons. The zero-order chi connectivity index (χ0) is 16.2. The number of benzene rings is 2. The third-order valence-corrected chi connectivity index (χ3v) is 3.68. The molecule has 2 aromatic carbocycles. The van der Waals surface area contributed by atoms with Gasteiger partial charge >= 0.3 is 0 Å². The van der Waals surface area contributed by atoms with Crippen LogP contribution in [0, 0.1) is 0 Å². The third-order valence-electron chi connectivity index (χ3n) is 3.08. The molecule has 0 aromatic heterocycles. The lowest BCUT2D eigenvalue weighted by molar-refractivity contribution is 0.0940. The van der Waals surface area contributed by atoms with E-state index in [4.69, 9.17) is 0 Å². The van der Waals surface area contributed by atoms with Crippen LogP contribution in [0.15, 0.2) is 54.6 Å². The first kappa shape index (κ1) is 16.0. The van der Waals surface area contributed by atoms with Gasteiger partial charge in [0.2, 0.25) is 10.0 Å². The van der Waals surface area contributed by atoms with Crippen LogP contribution in [0.4, 0.5) is 5.69 Å². The highest BCUT2D eigenvalue weighted by atomic mass is 32.2. The fourth-order valence-corrected chi connectivity index (χ4v) is 2.60. The van der Waals surface area contributed by atoms with E-state index in [9.17, 15) is 13.2 Å². The fourth-order valence-electron chi connectivity index (χ4n) is 2.04. The van der Waals surface area contributed by atoms with Gasteiger partial charge in [-0.1, -0.05) is 36.4 Å². The molecule has 0 unspecified atom stereocenters. The quantitative estimate of drug-likeness (QED) is 0.889. The number of nitrogens with one attached hydrogen (secondary N) is 2. The van der Waals surface area contributed by atoms with E-state index < -0.39 is 10.0 Å². The Morgan fingerprint density at radius 3 is 2.36 bits per heavy atom. The van der Waals surface area contributed by atoms with Crippen LogP contribution in [-0.2, 0) is 10.0 Å². The van der Waals surface area contributed by atoms with Crippen molar-refractivity contribution in [1.29, 1.82) is 0 Å². The van der Waals surface area contributed by atoms with Gasteiger partial charge in [0.1, 0.15) is 0 Å². The van der Waals surface area contributed by atoms with E-state index in [1.165, 1.54) is 6.07 Å². The predicted octanol–water partition coefficient (Wildman–Crippen LogP) is 2.55. The lowest BCUT2D eigenvalue weighted by Gasteiger charge is -2.14. The first-order valence-electron chi connectivity index (χ1n) is 6.79. The molecule has 0 aliphatic heterocycles. The van der Waals surface area contributed by atoms with Gasteiger partial charge in [0.05, 0.1) is 12.3 Å². The maximum Gasteiger partial charge on any atom is 0.251 e. The molecule has 1 amide bonds. The largest absolute Gasteiger partial charge is 0.346 e. The maximum atomic E-state index is 12.3. The van der Waals surface area contributed by atoms with Crippen molar-refractivity contribution in [3.63, 3.8) is 0 Å². The number of carbonyl (C=O) groups excluding carboxylic acids is 1. The zero-order valence-corrected chi connectivity index (χ0v) is 13.2. The summed E-state index contributed by atoms with van der Waals surface area (Å²) in [5.41, 5.74) is 1.76. The van der Waals surface area contributed by atoms with Crippen molar-refractivity contribution >= 4 is 21.6 Å². The molecule has 5 nitrogen and oxygen atoms in total. The second-order valence-electron chi connectivity index (χ2n) is 5.06. The minimum atomic E-state index is -3.37. The highest BCUT2D eigenvalue weighted by molar-refractivity contribution is 7.92. The molecular weight excluding hydrogens is 300 g/mol. The van der Waals surface area contributed by atoms with Crippen molar-refractivity contribution in [2.75, 3.05) is 11.0 Å². The molecule has 2 aromatic rings. The van der Waals surface area contributed by atoms with Crippen LogP contribution in [0.3, 0.4) is 0 Å². The minimum Gasteiger partial charge on any atom is -0.346 e. The van der Waals surface area contributed by atoms with Gasteiger partial charge in [0, 0.05) is 11.3 Å². The Balaban J connectivity index is 2.11. The fraction of sp³-hybridized carbons (Fsp3) is 0.188. The molecule has 0 spiro atoms. The Morgan fingerprint density at radius 1 is 1.05 bits per heavy atom. The molecule has 116 valence electrons. The topological polar surface area (TPSA) is 75.3 Å². The van der Waals surface area contributed by atoms with Gasteiger partial charge in [0.25, 0.3) is 5.91 Å². The molecule has 0 saturated heterocycles. The molecule has 0 bridgehead atoms. The van der Waals surface area contributed by atoms with E-state index >= 15 is 0 Å². The number of rotatable bonds is 5. The molecule has 2 rings (SSSR count). The lowest BCUT2D eigenvalue weighted by Crippen LogP contribution is -2.26. The second kappa shape index (κ2) is 6.62. The van der Waals surface area contributed by atoms with Crippen molar-refractivity contribution in [3.8, 4) is 0 Å². The van der Waals surface area contributed by atoms with Gasteiger partial charge in [-0.2, -0.15) is 0 Å². The van der Waals surface area contributed by atoms with E-state index in [-0.39, 0.29) is 11.9 Å². The van der Waals surface area contributed by atoms with E-state index in [0.29, 0.717) is 11.3 Å². The molecule has 0 saturated carbocycles. The van der Waals surface area contributed by atoms with E-state index in [1.54, 1.807) is 18.2 Å². The number of hydrogen-bond donors (Lipinski definition) is 2. The Morgan fingerprint density at radius 2 is 1.73 bits per heavy atom. The number of amides is 1. The number of hydrogen-bond acceptors (Lipinski definition) is 3. The Kier molecular flexibility index (Phi) is 4.82. The summed E-state index contributed by atoms with van der Waals surface area (Å²) >= 11 is 0. The summed E-state index contributed by atoms with van der Waals surface area (Å²) in [6.07, 6.45) is 1.07. The molecule has 0 aliphatic rings. The molecule has 2 N–H and O–H groups in total. The van der Waals surface area contributed by atoms with Crippen LogP contribution in [0.5, 0.6) is 0 Å². The maximum absolute atomic E-state index is 12.3. The van der Waals surface area contributed by atoms with E-state index in [0.717, 1.165) is 11.8 Å². The summed E-state index contributed by atoms with van der Waals surface area (Å²) in [7, 11) is -3.37. The van der Waals surface area contributed by atoms with Crippen LogP contribution in [0.25, 0.3) is 0 Å². The SMILES string of the molecule is C[C@H](NC(=O)c1cccc(NS(C)(=O)=O)c1)c1ccccc1. The van der Waals surface area contributed by atoms with Gasteiger partial charge < -0.3 is 5.32 Å². The van der Waals surface area contributed by atoms with Crippen molar-refractivity contribution in [1.82, 2.24) is 5.32 Å². The molecule has 0 heterocycles. The van der Waals surface area contributed by atoms with E-state index in [1.807, 2.05) is 37.3 Å². The van der Waals surface area contributed by atoms with Gasteiger partial charge in [0.15, 0.2) is 0 Å². The number of anilines is 1. The minimum absolute atomic E-state index is 0.139. The average molecular weight is 318 g/mol. The van der Waals surface area contributed by atoms with Crippen LogP contribution < -0.4 is 10.0 Å². The summed E-state index contributed by atoms with van der Waals surface area (Å²) in [6.45, 7) is 1.89. The average Bonchev–Trinajstić information content (AvgIpc) is 2.46. The molecule has 0 aliphatic carbocycles. The summed E-state index contributed by atoms with van der Waals surface area (Å²) in [5.74, 6) is -0.256. The molecule has 1 atom stereocenters. The summed E-state index contributed by atoms with van der Waals surface area (Å²) in [5, 5.41) is 2.89. The number of sulfonamides is 1. The van der Waals surface area contributed by atoms with Gasteiger partial charge in [-0.15, -0.1) is 0 Å². The summed E-state index contributed by atoms with van der Waals surface area (Å²) in [4.78, 5) is 12.3. The molecular formula is C16H18N2O3S. The predicted molar refractivity (Wildman–Crippen MR) is 87.2 cm³/mol. The Bertz CT molecular complexity index is 758. The number of carbonyl (C=O) groups is 1. The zero-order valence-electron chi connectivity index (χ0n) is 12.4. The van der Waals surface area contributed by atoms with Crippen molar-refractivity contribution in [2.45, 2.75) is 13.0 Å². The third kappa shape index (κ3) is 4.60. The Labute approximate surface area is 130 Å². The summed E-state index contributed by atoms with van der Waals surface area (Å²) in [6, 6.07) is 15.9. The van der Waals surface area contributed by atoms with Gasteiger partial charge in [-0.25, -0.2) is 8.42 Å². The highest BCUT2D eigenvalue weighted by Gasteiger charge is 2.12. The van der Waals surface area contributed by atoms with Crippen molar-refractivity contribution < 1.29 is 13.2 Å². The molecule has 0 fully saturated rings. The first-order valence-corrected chi connectivity index (χ1v) is 8.68. The molecule has 22 heavy (non-hydrogen) atoms. The van der Waals surface area contributed by atoms with Crippen LogP contribution in [0.1, 0.15) is 28.9 Å². The normalized spacial score (nSPS) is 12.5. The van der Waals surface area contributed by atoms with Crippen molar-refractivity contribution in [3.05, 3.63) is 65.7 Å². The van der Waals surface area contributed by atoms with E-state index in [2.05, 4.69) is 10.0 Å². The molecule has 6 heteroatoms. The standard InChI is InChI=1S/C16H18N2O3S/c1-12(13-7-4-3-5-8-13)17-16(19)14-9-6-10-15(11-14)18-22(2,20)21/h3-12,18H,1-2H3,(H,17,19)/t12-/m0/s1. The smallest absolute Gasteiger partial charge is 0.251 e. The highest BCUT2D eigenvalue weighted by Crippen LogP contribution is 2.15. The monoisotopic (exact) mass is 318 g/mol. The first-order chi connectivity index (χ1) is 10.3. The van der Waals surface area contributed by atoms with Crippen LogP contribution in [-0.4, -0.2) is 20.6 Å². The Hall–Kier alpha value is -2.34. The van der Waals surface area contributed by atoms with Gasteiger partial charge in [-0.3, -0.25) is 9.52 Å². The lowest BCUT2D eigenvalue weighted by atomic mass is 10.1. The van der Waals surface area contributed by atoms with Crippen LogP contribution in [0.2, 0.25) is 0 Å².